The molecule has 5 nitrogen and oxygen atoms in total. The van der Waals surface area contributed by atoms with Gasteiger partial charge in [0.2, 0.25) is 5.91 Å². The number of rotatable bonds is 9. The number of thiophene rings is 1. The molecule has 0 aliphatic heterocycles. The summed E-state index contributed by atoms with van der Waals surface area (Å²) in [5.41, 5.74) is 1.76. The highest BCUT2D eigenvalue weighted by Crippen LogP contribution is 2.23. The van der Waals surface area contributed by atoms with Crippen molar-refractivity contribution < 1.29 is 9.59 Å². The number of carbonyl (C=O) groups excluding carboxylic acids is 2. The van der Waals surface area contributed by atoms with Crippen LogP contribution in [0.25, 0.3) is 10.8 Å². The van der Waals surface area contributed by atoms with Gasteiger partial charge < -0.3 is 15.1 Å². The van der Waals surface area contributed by atoms with Gasteiger partial charge in [-0.25, -0.2) is 4.79 Å². The number of carbonyl (C=O) groups is 2. The van der Waals surface area contributed by atoms with Gasteiger partial charge in [0.1, 0.15) is 6.54 Å². The molecule has 0 aliphatic carbocycles. The van der Waals surface area contributed by atoms with Gasteiger partial charge in [-0.1, -0.05) is 72.8 Å². The Morgan fingerprint density at radius 1 is 0.886 bits per heavy atom. The third kappa shape index (κ3) is 6.37. The fourth-order valence-electron chi connectivity index (χ4n) is 3.96. The number of anilines is 1. The van der Waals surface area contributed by atoms with Gasteiger partial charge in [-0.2, -0.15) is 0 Å². The van der Waals surface area contributed by atoms with Crippen LogP contribution in [0.1, 0.15) is 15.3 Å². The van der Waals surface area contributed by atoms with Crippen LogP contribution in [-0.4, -0.2) is 34.8 Å². The zero-order valence-electron chi connectivity index (χ0n) is 19.8. The molecular weight excluding hydrogens is 454 g/mol. The third-order valence-electron chi connectivity index (χ3n) is 5.71. The lowest BCUT2D eigenvalue weighted by Crippen LogP contribution is -2.44. The van der Waals surface area contributed by atoms with Gasteiger partial charge in [0.15, 0.2) is 0 Å². The molecular formula is C29H29N3O2S. The molecule has 1 heterocycles. The normalized spacial score (nSPS) is 10.7. The quantitative estimate of drug-likeness (QED) is 0.278. The van der Waals surface area contributed by atoms with Crippen molar-refractivity contribution in [1.29, 1.82) is 0 Å². The molecule has 0 saturated heterocycles. The van der Waals surface area contributed by atoms with Gasteiger partial charge in [-0.15, -0.1) is 17.9 Å². The number of nitrogens with one attached hydrogen (secondary N) is 1. The number of urea groups is 1. The van der Waals surface area contributed by atoms with Crippen LogP contribution >= 0.6 is 11.3 Å². The second kappa shape index (κ2) is 11.5. The van der Waals surface area contributed by atoms with Crippen molar-refractivity contribution in [3.8, 4) is 0 Å². The Balaban J connectivity index is 1.52. The summed E-state index contributed by atoms with van der Waals surface area (Å²) in [6.45, 7) is 7.04. The Hall–Kier alpha value is -3.90. The Kier molecular flexibility index (Phi) is 7.95. The predicted molar refractivity (Wildman–Crippen MR) is 144 cm³/mol. The van der Waals surface area contributed by atoms with E-state index in [1.165, 1.54) is 9.78 Å². The average Bonchev–Trinajstić information content (AvgIpc) is 3.28. The van der Waals surface area contributed by atoms with Gasteiger partial charge in [0.25, 0.3) is 0 Å². The Labute approximate surface area is 210 Å². The summed E-state index contributed by atoms with van der Waals surface area (Å²) in [5, 5.41) is 4.98. The molecule has 0 radical (unpaired) electrons. The standard InChI is InChI=1S/C29H29N3O2S/c1-3-18-31(29(34)30-27-15-9-13-24-12-7-8-14-26(24)27)21-28(33)32(19-23-10-5-4-6-11-23)20-25-17-16-22(2)35-25/h3-17H,1,18-21H2,2H3,(H,30,34). The number of benzene rings is 3. The lowest BCUT2D eigenvalue weighted by molar-refractivity contribution is -0.132. The van der Waals surface area contributed by atoms with Crippen LogP contribution in [0.2, 0.25) is 0 Å². The molecule has 0 atom stereocenters. The molecule has 1 N–H and O–H groups in total. The molecule has 1 aromatic heterocycles. The van der Waals surface area contributed by atoms with Crippen LogP contribution < -0.4 is 5.32 Å². The maximum absolute atomic E-state index is 13.5. The lowest BCUT2D eigenvalue weighted by Gasteiger charge is -2.27. The largest absolute Gasteiger partial charge is 0.332 e. The number of nitrogens with zero attached hydrogens (tertiary/aromatic N) is 2. The molecule has 4 rings (SSSR count). The second-order valence-corrected chi connectivity index (χ2v) is 9.75. The van der Waals surface area contributed by atoms with Gasteiger partial charge >= 0.3 is 6.03 Å². The summed E-state index contributed by atoms with van der Waals surface area (Å²) in [6.07, 6.45) is 1.64. The van der Waals surface area contributed by atoms with E-state index >= 15 is 0 Å². The fourth-order valence-corrected chi connectivity index (χ4v) is 4.87. The van der Waals surface area contributed by atoms with E-state index in [2.05, 4.69) is 31.0 Å². The highest BCUT2D eigenvalue weighted by atomic mass is 32.1. The summed E-state index contributed by atoms with van der Waals surface area (Å²) < 4.78 is 0. The minimum Gasteiger partial charge on any atom is -0.332 e. The van der Waals surface area contributed by atoms with Crippen molar-refractivity contribution >= 4 is 39.7 Å². The zero-order chi connectivity index (χ0) is 24.6. The molecule has 4 aromatic rings. The smallest absolute Gasteiger partial charge is 0.322 e. The number of fused-ring (bicyclic) bond motifs is 1. The zero-order valence-corrected chi connectivity index (χ0v) is 20.6. The summed E-state index contributed by atoms with van der Waals surface area (Å²) in [7, 11) is 0. The summed E-state index contributed by atoms with van der Waals surface area (Å²) >= 11 is 1.68. The Bertz CT molecular complexity index is 1310. The minimum atomic E-state index is -0.332. The van der Waals surface area contributed by atoms with E-state index in [0.29, 0.717) is 18.8 Å². The molecule has 6 heteroatoms. The Morgan fingerprint density at radius 3 is 2.37 bits per heavy atom. The number of hydrogen-bond donors (Lipinski definition) is 1. The van der Waals surface area contributed by atoms with Crippen LogP contribution in [0.15, 0.2) is 97.6 Å². The van der Waals surface area contributed by atoms with Crippen LogP contribution in [0.3, 0.4) is 0 Å². The van der Waals surface area contributed by atoms with E-state index in [9.17, 15) is 9.59 Å². The SMILES string of the molecule is C=CCN(CC(=O)N(Cc1ccccc1)Cc1ccc(C)s1)C(=O)Nc1cccc2ccccc12. The molecule has 0 bridgehead atoms. The summed E-state index contributed by atoms with van der Waals surface area (Å²) in [5.74, 6) is -0.116. The van der Waals surface area contributed by atoms with Crippen molar-refractivity contribution in [2.45, 2.75) is 20.0 Å². The molecule has 3 amide bonds. The third-order valence-corrected chi connectivity index (χ3v) is 6.69. The molecule has 0 fully saturated rings. The van der Waals surface area contributed by atoms with Crippen molar-refractivity contribution in [2.75, 3.05) is 18.4 Å². The molecule has 0 unspecified atom stereocenters. The van der Waals surface area contributed by atoms with E-state index < -0.39 is 0 Å². The lowest BCUT2D eigenvalue weighted by atomic mass is 10.1. The van der Waals surface area contributed by atoms with E-state index in [0.717, 1.165) is 21.2 Å². The first-order valence-electron chi connectivity index (χ1n) is 11.5. The molecule has 0 spiro atoms. The van der Waals surface area contributed by atoms with E-state index in [4.69, 9.17) is 0 Å². The monoisotopic (exact) mass is 483 g/mol. The van der Waals surface area contributed by atoms with Gasteiger partial charge in [-0.05, 0) is 36.1 Å². The first kappa shape index (κ1) is 24.2. The highest BCUT2D eigenvalue weighted by Gasteiger charge is 2.22. The van der Waals surface area contributed by atoms with Gasteiger partial charge in [-0.3, -0.25) is 4.79 Å². The molecule has 35 heavy (non-hydrogen) atoms. The maximum Gasteiger partial charge on any atom is 0.322 e. The average molecular weight is 484 g/mol. The minimum absolute atomic E-state index is 0.0419. The van der Waals surface area contributed by atoms with E-state index in [-0.39, 0.29) is 25.0 Å². The summed E-state index contributed by atoms with van der Waals surface area (Å²) in [6, 6.07) is 27.4. The first-order valence-corrected chi connectivity index (χ1v) is 12.4. The molecule has 0 aliphatic rings. The number of hydrogen-bond acceptors (Lipinski definition) is 3. The van der Waals surface area contributed by atoms with Gasteiger partial charge in [0, 0.05) is 28.2 Å². The fraction of sp³-hybridized carbons (Fsp3) is 0.172. The van der Waals surface area contributed by atoms with Crippen LogP contribution in [0.5, 0.6) is 0 Å². The highest BCUT2D eigenvalue weighted by molar-refractivity contribution is 7.11. The Morgan fingerprint density at radius 2 is 1.63 bits per heavy atom. The molecule has 3 aromatic carbocycles. The molecule has 0 saturated carbocycles. The van der Waals surface area contributed by atoms with Crippen molar-refractivity contribution in [3.05, 3.63) is 113 Å². The van der Waals surface area contributed by atoms with E-state index in [1.807, 2.05) is 77.7 Å². The van der Waals surface area contributed by atoms with Gasteiger partial charge in [0.05, 0.1) is 12.2 Å². The first-order chi connectivity index (χ1) is 17.0. The van der Waals surface area contributed by atoms with Crippen LogP contribution in [0.4, 0.5) is 10.5 Å². The number of aryl methyl sites for hydroxylation is 1. The second-order valence-electron chi connectivity index (χ2n) is 8.37. The van der Waals surface area contributed by atoms with Crippen molar-refractivity contribution in [3.63, 3.8) is 0 Å². The number of amides is 3. The topological polar surface area (TPSA) is 52.7 Å². The molecule has 178 valence electrons. The van der Waals surface area contributed by atoms with Crippen LogP contribution in [0, 0.1) is 6.92 Å². The van der Waals surface area contributed by atoms with Crippen LogP contribution in [-0.2, 0) is 17.9 Å². The van der Waals surface area contributed by atoms with Crippen molar-refractivity contribution in [2.24, 2.45) is 0 Å². The van der Waals surface area contributed by atoms with Crippen molar-refractivity contribution in [1.82, 2.24) is 9.80 Å². The maximum atomic E-state index is 13.5. The van der Waals surface area contributed by atoms with E-state index in [1.54, 1.807) is 17.4 Å². The predicted octanol–water partition coefficient (Wildman–Crippen LogP) is 6.46. The summed E-state index contributed by atoms with van der Waals surface area (Å²) in [4.78, 5) is 32.3.